The quantitative estimate of drug-likeness (QED) is 0.750. The van der Waals surface area contributed by atoms with Gasteiger partial charge in [0.25, 0.3) is 0 Å². The van der Waals surface area contributed by atoms with Crippen LogP contribution in [0.1, 0.15) is 19.8 Å². The molecule has 3 nitrogen and oxygen atoms in total. The van der Waals surface area contributed by atoms with Crippen molar-refractivity contribution in [2.75, 3.05) is 18.4 Å². The second kappa shape index (κ2) is 5.02. The zero-order valence-electron chi connectivity index (χ0n) is 10.2. The van der Waals surface area contributed by atoms with Crippen molar-refractivity contribution in [2.24, 2.45) is 5.73 Å². The molecular weight excluding hydrogens is 217 g/mol. The average molecular weight is 237 g/mol. The van der Waals surface area contributed by atoms with Crippen LogP contribution in [0.15, 0.2) is 24.3 Å². The summed E-state index contributed by atoms with van der Waals surface area (Å²) >= 11 is 0. The van der Waals surface area contributed by atoms with Crippen LogP contribution in [0, 0.1) is 5.82 Å². The van der Waals surface area contributed by atoms with Crippen LogP contribution in [0.3, 0.4) is 0 Å². The van der Waals surface area contributed by atoms with Gasteiger partial charge in [-0.1, -0.05) is 6.07 Å². The van der Waals surface area contributed by atoms with Crippen LogP contribution in [-0.2, 0) is 0 Å². The van der Waals surface area contributed by atoms with E-state index in [0.717, 1.165) is 25.1 Å². The maximum Gasteiger partial charge on any atom is 0.125 e. The minimum Gasteiger partial charge on any atom is -0.378 e. The molecule has 0 aliphatic carbocycles. The highest BCUT2D eigenvalue weighted by molar-refractivity contribution is 5.46. The number of benzene rings is 1. The Labute approximate surface area is 102 Å². The maximum absolute atomic E-state index is 13.1. The van der Waals surface area contributed by atoms with Gasteiger partial charge in [0.2, 0.25) is 0 Å². The van der Waals surface area contributed by atoms with Crippen LogP contribution < -0.4 is 16.4 Å². The molecule has 0 amide bonds. The number of rotatable bonds is 3. The first-order valence-corrected chi connectivity index (χ1v) is 6.11. The number of hydrogen-bond acceptors (Lipinski definition) is 3. The van der Waals surface area contributed by atoms with Gasteiger partial charge in [-0.15, -0.1) is 0 Å². The van der Waals surface area contributed by atoms with Crippen molar-refractivity contribution in [2.45, 2.75) is 31.3 Å². The summed E-state index contributed by atoms with van der Waals surface area (Å²) < 4.78 is 13.1. The molecule has 1 fully saturated rings. The first-order chi connectivity index (χ1) is 8.13. The van der Waals surface area contributed by atoms with Crippen LogP contribution >= 0.6 is 0 Å². The zero-order valence-corrected chi connectivity index (χ0v) is 10.2. The van der Waals surface area contributed by atoms with Gasteiger partial charge >= 0.3 is 0 Å². The third-order valence-corrected chi connectivity index (χ3v) is 3.42. The molecule has 4 heteroatoms. The molecule has 1 aromatic carbocycles. The molecule has 1 unspecified atom stereocenters. The van der Waals surface area contributed by atoms with Crippen LogP contribution in [-0.4, -0.2) is 24.7 Å². The Balaban J connectivity index is 2.13. The molecule has 94 valence electrons. The smallest absolute Gasteiger partial charge is 0.125 e. The Bertz CT molecular complexity index is 383. The minimum atomic E-state index is -0.218. The molecule has 2 rings (SSSR count). The molecule has 0 aromatic heterocycles. The lowest BCUT2D eigenvalue weighted by molar-refractivity contribution is 0.294. The molecule has 1 saturated heterocycles. The first-order valence-electron chi connectivity index (χ1n) is 6.11. The van der Waals surface area contributed by atoms with E-state index in [0.29, 0.717) is 12.6 Å². The summed E-state index contributed by atoms with van der Waals surface area (Å²) in [4.78, 5) is 0. The molecule has 0 spiro atoms. The van der Waals surface area contributed by atoms with Gasteiger partial charge < -0.3 is 16.4 Å². The summed E-state index contributed by atoms with van der Waals surface area (Å²) in [6.45, 7) is 3.66. The lowest BCUT2D eigenvalue weighted by Crippen LogP contribution is -2.55. The van der Waals surface area contributed by atoms with E-state index in [9.17, 15) is 4.39 Å². The highest BCUT2D eigenvalue weighted by atomic mass is 19.1. The zero-order chi connectivity index (χ0) is 12.3. The SMILES string of the molecule is C[C@H]1CC(CN)(Nc2cccc(F)c2)CCN1. The van der Waals surface area contributed by atoms with Crippen LogP contribution in [0.5, 0.6) is 0 Å². The lowest BCUT2D eigenvalue weighted by atomic mass is 9.84. The largest absolute Gasteiger partial charge is 0.378 e. The third kappa shape index (κ3) is 2.96. The molecule has 1 aromatic rings. The Morgan fingerprint density at radius 3 is 3.06 bits per heavy atom. The number of halogens is 1. The molecule has 17 heavy (non-hydrogen) atoms. The molecular formula is C13H20FN3. The van der Waals surface area contributed by atoms with E-state index >= 15 is 0 Å². The number of anilines is 1. The van der Waals surface area contributed by atoms with Crippen molar-refractivity contribution in [3.8, 4) is 0 Å². The van der Waals surface area contributed by atoms with E-state index in [-0.39, 0.29) is 11.4 Å². The van der Waals surface area contributed by atoms with E-state index < -0.39 is 0 Å². The van der Waals surface area contributed by atoms with Crippen LogP contribution in [0.2, 0.25) is 0 Å². The topological polar surface area (TPSA) is 50.1 Å². The van der Waals surface area contributed by atoms with Gasteiger partial charge in [0, 0.05) is 18.3 Å². The fraction of sp³-hybridized carbons (Fsp3) is 0.538. The molecule has 4 N–H and O–H groups in total. The van der Waals surface area contributed by atoms with Crippen molar-refractivity contribution in [3.63, 3.8) is 0 Å². The third-order valence-electron chi connectivity index (χ3n) is 3.42. The molecule has 1 aliphatic heterocycles. The van der Waals surface area contributed by atoms with Crippen LogP contribution in [0.4, 0.5) is 10.1 Å². The monoisotopic (exact) mass is 237 g/mol. The Hall–Kier alpha value is -1.13. The van der Waals surface area contributed by atoms with Crippen molar-refractivity contribution >= 4 is 5.69 Å². The van der Waals surface area contributed by atoms with Gasteiger partial charge in [-0.05, 0) is 44.5 Å². The fourth-order valence-corrected chi connectivity index (χ4v) is 2.54. The number of nitrogens with two attached hydrogens (primary N) is 1. The van der Waals surface area contributed by atoms with E-state index in [4.69, 9.17) is 5.73 Å². The summed E-state index contributed by atoms with van der Waals surface area (Å²) in [7, 11) is 0. The first kappa shape index (κ1) is 12.3. The van der Waals surface area contributed by atoms with Crippen molar-refractivity contribution in [3.05, 3.63) is 30.1 Å². The number of nitrogens with one attached hydrogen (secondary N) is 2. The van der Waals surface area contributed by atoms with Gasteiger partial charge in [-0.25, -0.2) is 4.39 Å². The van der Waals surface area contributed by atoms with Crippen molar-refractivity contribution < 1.29 is 4.39 Å². The van der Waals surface area contributed by atoms with Crippen LogP contribution in [0.25, 0.3) is 0 Å². The Kier molecular flexibility index (Phi) is 3.64. The van der Waals surface area contributed by atoms with Crippen molar-refractivity contribution in [1.29, 1.82) is 0 Å². The molecule has 2 atom stereocenters. The van der Waals surface area contributed by atoms with E-state index in [1.54, 1.807) is 6.07 Å². The molecule has 0 bridgehead atoms. The van der Waals surface area contributed by atoms with E-state index in [1.807, 2.05) is 6.07 Å². The molecule has 0 saturated carbocycles. The highest BCUT2D eigenvalue weighted by Crippen LogP contribution is 2.26. The molecule has 1 aliphatic rings. The predicted molar refractivity (Wildman–Crippen MR) is 68.5 cm³/mol. The summed E-state index contributed by atoms with van der Waals surface area (Å²) in [6, 6.07) is 7.00. The fourth-order valence-electron chi connectivity index (χ4n) is 2.54. The normalized spacial score (nSPS) is 29.0. The summed E-state index contributed by atoms with van der Waals surface area (Å²) in [5, 5.41) is 6.81. The summed E-state index contributed by atoms with van der Waals surface area (Å²) in [5.74, 6) is -0.218. The van der Waals surface area contributed by atoms with Gasteiger partial charge in [-0.2, -0.15) is 0 Å². The minimum absolute atomic E-state index is 0.113. The maximum atomic E-state index is 13.1. The van der Waals surface area contributed by atoms with Gasteiger partial charge in [0.15, 0.2) is 0 Å². The summed E-state index contributed by atoms with van der Waals surface area (Å²) in [6.07, 6.45) is 1.92. The number of hydrogen-bond donors (Lipinski definition) is 3. The second-order valence-corrected chi connectivity index (χ2v) is 4.93. The van der Waals surface area contributed by atoms with Gasteiger partial charge in [-0.3, -0.25) is 0 Å². The second-order valence-electron chi connectivity index (χ2n) is 4.93. The Morgan fingerprint density at radius 1 is 1.59 bits per heavy atom. The van der Waals surface area contributed by atoms with Gasteiger partial charge in [0.05, 0.1) is 5.54 Å². The van der Waals surface area contributed by atoms with Gasteiger partial charge in [0.1, 0.15) is 5.82 Å². The van der Waals surface area contributed by atoms with Crippen molar-refractivity contribution in [1.82, 2.24) is 5.32 Å². The van der Waals surface area contributed by atoms with E-state index in [1.165, 1.54) is 12.1 Å². The summed E-state index contributed by atoms with van der Waals surface area (Å²) in [5.41, 5.74) is 6.60. The highest BCUT2D eigenvalue weighted by Gasteiger charge is 2.33. The predicted octanol–water partition coefficient (Wildman–Crippen LogP) is 1.71. The average Bonchev–Trinajstić information content (AvgIpc) is 2.29. The standard InChI is InChI=1S/C13H20FN3/c1-10-8-13(9-15,5-6-16-10)17-12-4-2-3-11(14)7-12/h2-4,7,10,16-17H,5-6,8-9,15H2,1H3/t10-,13?/m0/s1. The molecule has 1 heterocycles. The lowest BCUT2D eigenvalue weighted by Gasteiger charge is -2.41. The number of piperidine rings is 1. The van der Waals surface area contributed by atoms with E-state index in [2.05, 4.69) is 17.6 Å². The Morgan fingerprint density at radius 2 is 2.41 bits per heavy atom. The molecule has 0 radical (unpaired) electrons.